The van der Waals surface area contributed by atoms with Crippen molar-refractivity contribution in [3.63, 3.8) is 0 Å². The van der Waals surface area contributed by atoms with Gasteiger partial charge in [0, 0.05) is 32.0 Å². The molecular weight excluding hydrogens is 392 g/mol. The second-order valence-electron chi connectivity index (χ2n) is 7.82. The van der Waals surface area contributed by atoms with Crippen molar-refractivity contribution >= 4 is 35.4 Å². The number of ether oxygens (including phenoxy) is 1. The van der Waals surface area contributed by atoms with Gasteiger partial charge in [0.25, 0.3) is 11.8 Å². The Morgan fingerprint density at radius 1 is 1.17 bits per heavy atom. The molecule has 0 radical (unpaired) electrons. The molecule has 30 heavy (non-hydrogen) atoms. The van der Waals surface area contributed by atoms with Gasteiger partial charge in [-0.25, -0.2) is 9.59 Å². The van der Waals surface area contributed by atoms with Crippen LogP contribution < -0.4 is 10.2 Å². The Hall–Kier alpha value is -3.43. The van der Waals surface area contributed by atoms with Gasteiger partial charge < -0.3 is 15.0 Å². The molecule has 3 fully saturated rings. The molecule has 5 rings (SSSR count). The van der Waals surface area contributed by atoms with Gasteiger partial charge in [0.2, 0.25) is 11.6 Å². The molecule has 1 atom stereocenters. The molecule has 1 N–H and O–H groups in total. The first-order chi connectivity index (χ1) is 14.4. The summed E-state index contributed by atoms with van der Waals surface area (Å²) in [7, 11) is 0. The molecule has 0 aromatic heterocycles. The van der Waals surface area contributed by atoms with Crippen molar-refractivity contribution in [2.45, 2.75) is 37.4 Å². The number of amides is 5. The van der Waals surface area contributed by atoms with Gasteiger partial charge >= 0.3 is 12.0 Å². The smallest absolute Gasteiger partial charge is 0.354 e. The lowest BCUT2D eigenvalue weighted by atomic mass is 9.96. The molecule has 5 amide bonds. The summed E-state index contributed by atoms with van der Waals surface area (Å²) in [4.78, 5) is 67.3. The van der Waals surface area contributed by atoms with E-state index in [1.165, 1.54) is 9.80 Å². The van der Waals surface area contributed by atoms with Gasteiger partial charge in [-0.1, -0.05) is 12.1 Å². The fourth-order valence-electron chi connectivity index (χ4n) is 4.54. The lowest BCUT2D eigenvalue weighted by Gasteiger charge is -2.48. The second kappa shape index (κ2) is 6.54. The molecule has 4 aliphatic rings. The second-order valence-corrected chi connectivity index (χ2v) is 7.82. The van der Waals surface area contributed by atoms with E-state index in [2.05, 4.69) is 5.32 Å². The quantitative estimate of drug-likeness (QED) is 0.708. The zero-order valence-corrected chi connectivity index (χ0v) is 16.1. The normalized spacial score (nSPS) is 25.2. The number of rotatable bonds is 4. The topological polar surface area (TPSA) is 116 Å². The summed E-state index contributed by atoms with van der Waals surface area (Å²) in [6.45, 7) is -0.0963. The van der Waals surface area contributed by atoms with E-state index in [4.69, 9.17) is 4.74 Å². The highest BCUT2D eigenvalue weighted by atomic mass is 16.5. The maximum Gasteiger partial charge on any atom is 0.354 e. The zero-order chi connectivity index (χ0) is 21.0. The van der Waals surface area contributed by atoms with E-state index in [-0.39, 0.29) is 37.2 Å². The van der Waals surface area contributed by atoms with Crippen molar-refractivity contribution in [3.05, 3.63) is 29.8 Å². The predicted molar refractivity (Wildman–Crippen MR) is 101 cm³/mol. The van der Waals surface area contributed by atoms with E-state index in [0.717, 1.165) is 17.7 Å². The van der Waals surface area contributed by atoms with Gasteiger partial charge in [0.05, 0.1) is 11.3 Å². The van der Waals surface area contributed by atoms with Gasteiger partial charge in [-0.05, 0) is 25.0 Å². The molecule has 0 bridgehead atoms. The van der Waals surface area contributed by atoms with Crippen molar-refractivity contribution in [1.29, 1.82) is 0 Å². The van der Waals surface area contributed by atoms with E-state index < -0.39 is 30.2 Å². The number of nitrogens with one attached hydrogen (secondary N) is 1. The number of para-hydroxylation sites is 1. The SMILES string of the molecule is O=C(COC(=O)[C@@]12CCC(=O)N1c1ccccc1C(=O)N2C1CC1)N1CCNC1=O. The number of benzene rings is 1. The summed E-state index contributed by atoms with van der Waals surface area (Å²) in [5.74, 6) is -2.06. The molecule has 0 spiro atoms. The number of urea groups is 1. The predicted octanol–water partition coefficient (Wildman–Crippen LogP) is 0.223. The lowest BCUT2D eigenvalue weighted by Crippen LogP contribution is -2.69. The van der Waals surface area contributed by atoms with Gasteiger partial charge in [0.15, 0.2) is 6.61 Å². The number of esters is 1. The van der Waals surface area contributed by atoms with Crippen molar-refractivity contribution < 1.29 is 28.7 Å². The highest BCUT2D eigenvalue weighted by Crippen LogP contribution is 2.49. The molecule has 3 heterocycles. The molecule has 1 aliphatic carbocycles. The van der Waals surface area contributed by atoms with Crippen LogP contribution in [0.15, 0.2) is 24.3 Å². The minimum Gasteiger partial charge on any atom is -0.452 e. The van der Waals surface area contributed by atoms with E-state index in [1.54, 1.807) is 24.3 Å². The number of imide groups is 1. The molecule has 1 saturated carbocycles. The lowest BCUT2D eigenvalue weighted by molar-refractivity contribution is -0.161. The first kappa shape index (κ1) is 18.6. The Morgan fingerprint density at radius 2 is 1.93 bits per heavy atom. The van der Waals surface area contributed by atoms with Crippen LogP contribution in [0, 0.1) is 0 Å². The largest absolute Gasteiger partial charge is 0.452 e. The highest BCUT2D eigenvalue weighted by molar-refractivity contribution is 6.16. The third-order valence-electron chi connectivity index (χ3n) is 6.02. The van der Waals surface area contributed by atoms with Crippen LogP contribution in [-0.2, 0) is 19.1 Å². The van der Waals surface area contributed by atoms with Crippen LogP contribution in [0.2, 0.25) is 0 Å². The van der Waals surface area contributed by atoms with Gasteiger partial charge in [-0.3, -0.25) is 24.2 Å². The van der Waals surface area contributed by atoms with Crippen LogP contribution in [0.4, 0.5) is 10.5 Å². The number of anilines is 1. The number of carbonyl (C=O) groups is 5. The number of hydrogen-bond acceptors (Lipinski definition) is 6. The third-order valence-corrected chi connectivity index (χ3v) is 6.02. The van der Waals surface area contributed by atoms with E-state index in [1.807, 2.05) is 0 Å². The van der Waals surface area contributed by atoms with Gasteiger partial charge in [-0.2, -0.15) is 0 Å². The molecule has 156 valence electrons. The molecule has 0 unspecified atom stereocenters. The van der Waals surface area contributed by atoms with Gasteiger partial charge in [0.1, 0.15) is 0 Å². The van der Waals surface area contributed by atoms with Crippen LogP contribution in [0.1, 0.15) is 36.0 Å². The van der Waals surface area contributed by atoms with Crippen molar-refractivity contribution in [3.8, 4) is 0 Å². The molecule has 1 aromatic rings. The number of hydrogen-bond donors (Lipinski definition) is 1. The summed E-state index contributed by atoms with van der Waals surface area (Å²) >= 11 is 0. The summed E-state index contributed by atoms with van der Waals surface area (Å²) in [5.41, 5.74) is -0.853. The number of carbonyl (C=O) groups excluding carboxylic acids is 5. The zero-order valence-electron chi connectivity index (χ0n) is 16.1. The maximum atomic E-state index is 13.4. The standard InChI is InChI=1S/C20H20N4O6/c25-15-7-8-20(18(28)30-11-16(26)22-10-9-21-19(22)29)23(12-5-6-12)17(27)13-3-1-2-4-14(13)24(15)20/h1-4,12H,5-11H2,(H,21,29)/t20-/m1/s1. The first-order valence-electron chi connectivity index (χ1n) is 9.96. The average Bonchev–Trinajstić information content (AvgIpc) is 3.38. The molecule has 10 heteroatoms. The Balaban J connectivity index is 1.48. The Bertz CT molecular complexity index is 989. The summed E-state index contributed by atoms with van der Waals surface area (Å²) in [6, 6.07) is 6.01. The fraction of sp³-hybridized carbons (Fsp3) is 0.450. The van der Waals surface area contributed by atoms with E-state index >= 15 is 0 Å². The molecule has 2 saturated heterocycles. The minimum atomic E-state index is -1.60. The molecule has 10 nitrogen and oxygen atoms in total. The highest BCUT2D eigenvalue weighted by Gasteiger charge is 2.64. The van der Waals surface area contributed by atoms with Crippen LogP contribution >= 0.6 is 0 Å². The summed E-state index contributed by atoms with van der Waals surface area (Å²) < 4.78 is 5.33. The molecular formula is C20H20N4O6. The number of fused-ring (bicyclic) bond motifs is 3. The maximum absolute atomic E-state index is 13.4. The Morgan fingerprint density at radius 3 is 2.63 bits per heavy atom. The van der Waals surface area contributed by atoms with Crippen LogP contribution in [0.3, 0.4) is 0 Å². The van der Waals surface area contributed by atoms with Crippen LogP contribution in [-0.4, -0.2) is 70.9 Å². The minimum absolute atomic E-state index is 0.0857. The molecule has 1 aromatic carbocycles. The van der Waals surface area contributed by atoms with Crippen molar-refractivity contribution in [2.24, 2.45) is 0 Å². The van der Waals surface area contributed by atoms with Crippen molar-refractivity contribution in [2.75, 3.05) is 24.6 Å². The number of nitrogens with zero attached hydrogens (tertiary/aromatic N) is 3. The van der Waals surface area contributed by atoms with Crippen molar-refractivity contribution in [1.82, 2.24) is 15.1 Å². The first-order valence-corrected chi connectivity index (χ1v) is 9.96. The van der Waals surface area contributed by atoms with Crippen LogP contribution in [0.25, 0.3) is 0 Å². The Kier molecular flexibility index (Phi) is 4.05. The van der Waals surface area contributed by atoms with E-state index in [9.17, 15) is 24.0 Å². The molecule has 3 aliphatic heterocycles. The van der Waals surface area contributed by atoms with E-state index in [0.29, 0.717) is 17.8 Å². The summed E-state index contributed by atoms with van der Waals surface area (Å²) in [5, 5.41) is 2.51. The third kappa shape index (κ3) is 2.52. The summed E-state index contributed by atoms with van der Waals surface area (Å²) in [6.07, 6.45) is 1.65. The van der Waals surface area contributed by atoms with Crippen LogP contribution in [0.5, 0.6) is 0 Å². The fourth-order valence-corrected chi connectivity index (χ4v) is 4.54. The average molecular weight is 412 g/mol. The monoisotopic (exact) mass is 412 g/mol. The van der Waals surface area contributed by atoms with Gasteiger partial charge in [-0.15, -0.1) is 0 Å². The Labute approximate surface area is 171 Å².